The first-order chi connectivity index (χ1) is 17.3. The van der Waals surface area contributed by atoms with Gasteiger partial charge in [-0.1, -0.05) is 24.4 Å². The van der Waals surface area contributed by atoms with E-state index in [0.717, 1.165) is 19.4 Å². The third kappa shape index (κ3) is 3.39. The smallest absolute Gasteiger partial charge is 0.328 e. The lowest BCUT2D eigenvalue weighted by atomic mass is 9.66. The molecule has 6 rings (SSSR count). The first-order valence-electron chi connectivity index (χ1n) is 12.7. The molecule has 0 bridgehead atoms. The predicted molar refractivity (Wildman–Crippen MR) is 128 cm³/mol. The van der Waals surface area contributed by atoms with Gasteiger partial charge in [0, 0.05) is 19.5 Å². The highest BCUT2D eigenvalue weighted by Gasteiger charge is 2.63. The highest BCUT2D eigenvalue weighted by molar-refractivity contribution is 6.20. The van der Waals surface area contributed by atoms with Gasteiger partial charge in [0.05, 0.1) is 29.3 Å². The van der Waals surface area contributed by atoms with E-state index in [1.54, 1.807) is 17.9 Å². The van der Waals surface area contributed by atoms with Crippen molar-refractivity contribution in [2.45, 2.75) is 70.6 Å². The van der Waals surface area contributed by atoms with Crippen molar-refractivity contribution in [1.29, 1.82) is 0 Å². The number of carbonyl (C=O) groups excluding carboxylic acids is 3. The summed E-state index contributed by atoms with van der Waals surface area (Å²) in [5.41, 5.74) is -0.851. The fraction of sp³-hybridized carbons (Fsp3) is 0.600. The van der Waals surface area contributed by atoms with Gasteiger partial charge in [0.1, 0.15) is 0 Å². The van der Waals surface area contributed by atoms with Crippen molar-refractivity contribution >= 4 is 40.3 Å². The Hall–Kier alpha value is -3.21. The second kappa shape index (κ2) is 8.43. The quantitative estimate of drug-likeness (QED) is 0.551. The van der Waals surface area contributed by atoms with Crippen LogP contribution in [0.1, 0.15) is 51.5 Å². The fourth-order valence-electron chi connectivity index (χ4n) is 6.71. The maximum Gasteiger partial charge on any atom is 0.328 e. The van der Waals surface area contributed by atoms with E-state index in [1.807, 2.05) is 6.92 Å². The zero-order valence-corrected chi connectivity index (χ0v) is 20.4. The van der Waals surface area contributed by atoms with E-state index < -0.39 is 41.2 Å². The van der Waals surface area contributed by atoms with E-state index in [9.17, 15) is 14.4 Å². The number of halogens is 1. The molecular formula is C25H30FN5O5. The molecule has 4 aliphatic rings. The molecular weight excluding hydrogens is 469 g/mol. The molecule has 1 saturated carbocycles. The van der Waals surface area contributed by atoms with E-state index >= 15 is 4.39 Å². The van der Waals surface area contributed by atoms with Crippen molar-refractivity contribution in [3.05, 3.63) is 17.4 Å². The molecule has 3 N–H and O–H groups in total. The molecule has 192 valence electrons. The Morgan fingerprint density at radius 3 is 2.61 bits per heavy atom. The van der Waals surface area contributed by atoms with Crippen LogP contribution >= 0.6 is 0 Å². The average Bonchev–Trinajstić information content (AvgIpc) is 3.24. The van der Waals surface area contributed by atoms with E-state index in [0.29, 0.717) is 22.7 Å². The Balaban J connectivity index is 1.45. The number of hydrogen-bond donors (Lipinski definition) is 3. The van der Waals surface area contributed by atoms with E-state index in [2.05, 4.69) is 21.1 Å². The molecule has 1 spiro atoms. The highest BCUT2D eigenvalue weighted by atomic mass is 19.1. The topological polar surface area (TPSA) is 126 Å². The lowest BCUT2D eigenvalue weighted by Crippen LogP contribution is -2.75. The van der Waals surface area contributed by atoms with Crippen LogP contribution < -0.4 is 20.9 Å². The van der Waals surface area contributed by atoms with Crippen LogP contribution in [0.25, 0.3) is 11.0 Å². The van der Waals surface area contributed by atoms with E-state index in [1.165, 1.54) is 19.3 Å². The van der Waals surface area contributed by atoms with Crippen molar-refractivity contribution < 1.29 is 28.0 Å². The number of hydrogen-bond acceptors (Lipinski definition) is 8. The van der Waals surface area contributed by atoms with Crippen LogP contribution in [0.2, 0.25) is 0 Å². The SMILES string of the molecule is C[C@@H]1CN2c3c(cc4c(NCC5CCCCC5)noc4c3F)CC3(C(=O)NC(=O)NC3=O)[C@H]2[C@H](C)O1. The minimum Gasteiger partial charge on any atom is -0.372 e. The van der Waals surface area contributed by atoms with Crippen molar-refractivity contribution in [1.82, 2.24) is 15.8 Å². The number of ether oxygens (including phenoxy) is 1. The number of morpholine rings is 1. The van der Waals surface area contributed by atoms with Gasteiger partial charge in [-0.25, -0.2) is 9.18 Å². The van der Waals surface area contributed by atoms with Gasteiger partial charge in [-0.05, 0) is 44.2 Å². The van der Waals surface area contributed by atoms with Gasteiger partial charge >= 0.3 is 6.03 Å². The number of amides is 4. The van der Waals surface area contributed by atoms with Crippen LogP contribution in [0.3, 0.4) is 0 Å². The van der Waals surface area contributed by atoms with Gasteiger partial charge in [-0.2, -0.15) is 0 Å². The van der Waals surface area contributed by atoms with E-state index in [-0.39, 0.29) is 30.3 Å². The Labute approximate surface area is 207 Å². The largest absolute Gasteiger partial charge is 0.372 e. The Morgan fingerprint density at radius 2 is 1.89 bits per heavy atom. The van der Waals surface area contributed by atoms with Crippen molar-refractivity contribution in [2.75, 3.05) is 23.3 Å². The molecule has 2 aromatic rings. The van der Waals surface area contributed by atoms with Crippen LogP contribution in [0, 0.1) is 17.2 Å². The second-order valence-electron chi connectivity index (χ2n) is 10.6. The molecule has 3 atom stereocenters. The predicted octanol–water partition coefficient (Wildman–Crippen LogP) is 2.85. The molecule has 1 aromatic heterocycles. The number of rotatable bonds is 3. The Bertz CT molecular complexity index is 1240. The third-order valence-corrected chi connectivity index (χ3v) is 8.25. The van der Waals surface area contributed by atoms with Gasteiger partial charge in [0.25, 0.3) is 0 Å². The normalized spacial score (nSPS) is 28.0. The summed E-state index contributed by atoms with van der Waals surface area (Å²) in [6.45, 7) is 4.60. The molecule has 4 heterocycles. The molecule has 36 heavy (non-hydrogen) atoms. The summed E-state index contributed by atoms with van der Waals surface area (Å²) in [5.74, 6) is -1.01. The number of fused-ring (bicyclic) bond motifs is 5. The zero-order chi connectivity index (χ0) is 25.2. The van der Waals surface area contributed by atoms with Crippen LogP contribution in [0.4, 0.5) is 20.7 Å². The number of anilines is 2. The van der Waals surface area contributed by atoms with Gasteiger partial charge < -0.3 is 19.5 Å². The Kier molecular flexibility index (Phi) is 5.43. The van der Waals surface area contributed by atoms with Gasteiger partial charge in [0.2, 0.25) is 17.4 Å². The maximum atomic E-state index is 16.1. The van der Waals surface area contributed by atoms with Gasteiger partial charge in [0.15, 0.2) is 17.1 Å². The number of benzene rings is 1. The molecule has 11 heteroatoms. The molecule has 1 aliphatic carbocycles. The molecule has 10 nitrogen and oxygen atoms in total. The number of nitrogens with one attached hydrogen (secondary N) is 3. The number of imide groups is 2. The summed E-state index contributed by atoms with van der Waals surface area (Å²) >= 11 is 0. The summed E-state index contributed by atoms with van der Waals surface area (Å²) in [5, 5.41) is 12.4. The van der Waals surface area contributed by atoms with Gasteiger partial charge in [-0.3, -0.25) is 20.2 Å². The van der Waals surface area contributed by atoms with Crippen LogP contribution in [-0.4, -0.2) is 54.3 Å². The number of urea groups is 1. The minimum absolute atomic E-state index is 0.0362. The molecule has 3 fully saturated rings. The zero-order valence-electron chi connectivity index (χ0n) is 20.4. The number of nitrogens with zero attached hydrogens (tertiary/aromatic N) is 2. The maximum absolute atomic E-state index is 16.1. The lowest BCUT2D eigenvalue weighted by molar-refractivity contribution is -0.153. The lowest BCUT2D eigenvalue weighted by Gasteiger charge is -2.55. The first-order valence-corrected chi connectivity index (χ1v) is 12.7. The summed E-state index contributed by atoms with van der Waals surface area (Å²) in [6, 6.07) is 0.0846. The highest BCUT2D eigenvalue weighted by Crippen LogP contribution is 2.49. The fourth-order valence-corrected chi connectivity index (χ4v) is 6.71. The van der Waals surface area contributed by atoms with Crippen molar-refractivity contribution in [3.8, 4) is 0 Å². The monoisotopic (exact) mass is 499 g/mol. The average molecular weight is 500 g/mol. The summed E-state index contributed by atoms with van der Waals surface area (Å²) < 4.78 is 27.5. The third-order valence-electron chi connectivity index (χ3n) is 8.25. The molecule has 0 radical (unpaired) electrons. The van der Waals surface area contributed by atoms with Crippen molar-refractivity contribution in [3.63, 3.8) is 0 Å². The van der Waals surface area contributed by atoms with Crippen LogP contribution in [0.5, 0.6) is 0 Å². The summed E-state index contributed by atoms with van der Waals surface area (Å²) in [7, 11) is 0. The standard InChI is InChI=1S/C25H30FN5O5/c1-12-11-31-18-15(9-25(20(31)13(2)35-12)22(32)28-24(34)29-23(25)33)8-16-19(17(18)26)36-30-21(16)27-10-14-6-4-3-5-7-14/h8,12-14,20H,3-7,9-11H2,1-2H3,(H,27,30)(H2,28,29,32,33,34)/t12-,13+,20-/m1/s1. The summed E-state index contributed by atoms with van der Waals surface area (Å²) in [4.78, 5) is 40.3. The van der Waals surface area contributed by atoms with Crippen molar-refractivity contribution in [2.24, 2.45) is 11.3 Å². The molecule has 3 aliphatic heterocycles. The Morgan fingerprint density at radius 1 is 1.17 bits per heavy atom. The van der Waals surface area contributed by atoms with Gasteiger partial charge in [-0.15, -0.1) is 0 Å². The molecule has 0 unspecified atom stereocenters. The number of carbonyl (C=O) groups is 3. The first kappa shape index (κ1) is 23.2. The molecule has 4 amide bonds. The number of aromatic nitrogens is 1. The molecule has 1 aromatic carbocycles. The molecule has 2 saturated heterocycles. The second-order valence-corrected chi connectivity index (χ2v) is 10.6. The van der Waals surface area contributed by atoms with E-state index in [4.69, 9.17) is 9.26 Å². The number of barbiturate groups is 1. The minimum atomic E-state index is -1.66. The van der Waals surface area contributed by atoms with Crippen LogP contribution in [0.15, 0.2) is 10.6 Å². The van der Waals surface area contributed by atoms with Crippen LogP contribution in [-0.2, 0) is 20.7 Å². The summed E-state index contributed by atoms with van der Waals surface area (Å²) in [6.07, 6.45) is 5.03.